The van der Waals surface area contributed by atoms with Crippen molar-refractivity contribution >= 4 is 5.78 Å². The molecule has 1 aromatic rings. The predicted octanol–water partition coefficient (Wildman–Crippen LogP) is 1.18. The third-order valence-corrected chi connectivity index (χ3v) is 2.55. The maximum atomic E-state index is 11.6. The quantitative estimate of drug-likeness (QED) is 0.698. The van der Waals surface area contributed by atoms with Crippen molar-refractivity contribution in [2.45, 2.75) is 6.42 Å². The molecule has 0 saturated carbocycles. The van der Waals surface area contributed by atoms with Crippen LogP contribution in [0.3, 0.4) is 0 Å². The Morgan fingerprint density at radius 1 is 1.40 bits per heavy atom. The van der Waals surface area contributed by atoms with Gasteiger partial charge in [-0.1, -0.05) is 0 Å². The van der Waals surface area contributed by atoms with Crippen LogP contribution in [-0.2, 0) is 4.74 Å². The lowest BCUT2D eigenvalue weighted by Crippen LogP contribution is -2.37. The molecule has 0 spiro atoms. The Balaban J connectivity index is 1.75. The highest BCUT2D eigenvalue weighted by atomic mass is 16.5. The van der Waals surface area contributed by atoms with Gasteiger partial charge in [0.1, 0.15) is 0 Å². The standard InChI is InChI=1S/C11H15NO3/c13-10(11-2-1-7-15-11)3-4-12-5-8-14-9-6-12/h1-2,7H,3-6,8-9H2. The van der Waals surface area contributed by atoms with Crippen LogP contribution in [-0.4, -0.2) is 43.5 Å². The van der Waals surface area contributed by atoms with E-state index < -0.39 is 0 Å². The first-order chi connectivity index (χ1) is 7.36. The number of hydrogen-bond acceptors (Lipinski definition) is 4. The van der Waals surface area contributed by atoms with Gasteiger partial charge in [0, 0.05) is 26.1 Å². The predicted molar refractivity (Wildman–Crippen MR) is 54.9 cm³/mol. The highest BCUT2D eigenvalue weighted by Gasteiger charge is 2.13. The second-order valence-corrected chi connectivity index (χ2v) is 3.60. The highest BCUT2D eigenvalue weighted by Crippen LogP contribution is 2.06. The summed E-state index contributed by atoms with van der Waals surface area (Å²) in [5, 5.41) is 0. The molecule has 82 valence electrons. The normalized spacial score (nSPS) is 17.9. The van der Waals surface area contributed by atoms with Crippen LogP contribution in [0.4, 0.5) is 0 Å². The van der Waals surface area contributed by atoms with Gasteiger partial charge < -0.3 is 9.15 Å². The molecule has 0 unspecified atom stereocenters. The molecule has 2 rings (SSSR count). The molecule has 2 heterocycles. The lowest BCUT2D eigenvalue weighted by atomic mass is 10.2. The van der Waals surface area contributed by atoms with Gasteiger partial charge in [0.15, 0.2) is 11.5 Å². The Labute approximate surface area is 88.8 Å². The SMILES string of the molecule is O=C(CCN1CCOCC1)c1ccco1. The van der Waals surface area contributed by atoms with Crippen molar-refractivity contribution < 1.29 is 13.9 Å². The monoisotopic (exact) mass is 209 g/mol. The van der Waals surface area contributed by atoms with E-state index in [2.05, 4.69) is 4.90 Å². The smallest absolute Gasteiger partial charge is 0.199 e. The molecule has 1 saturated heterocycles. The summed E-state index contributed by atoms with van der Waals surface area (Å²) in [5.74, 6) is 0.537. The van der Waals surface area contributed by atoms with Crippen molar-refractivity contribution in [3.8, 4) is 0 Å². The fourth-order valence-electron chi connectivity index (χ4n) is 1.64. The number of carbonyl (C=O) groups excluding carboxylic acids is 1. The third kappa shape index (κ3) is 2.91. The van der Waals surface area contributed by atoms with E-state index in [9.17, 15) is 4.79 Å². The molecule has 1 aromatic heterocycles. The van der Waals surface area contributed by atoms with Crippen LogP contribution in [0.2, 0.25) is 0 Å². The van der Waals surface area contributed by atoms with Gasteiger partial charge in [-0.3, -0.25) is 9.69 Å². The van der Waals surface area contributed by atoms with E-state index in [0.29, 0.717) is 12.2 Å². The van der Waals surface area contributed by atoms with Crippen molar-refractivity contribution in [2.75, 3.05) is 32.8 Å². The number of nitrogens with zero attached hydrogens (tertiary/aromatic N) is 1. The number of rotatable bonds is 4. The van der Waals surface area contributed by atoms with E-state index >= 15 is 0 Å². The molecular formula is C11H15NO3. The molecule has 1 aliphatic heterocycles. The average molecular weight is 209 g/mol. The molecule has 0 aliphatic carbocycles. The zero-order valence-electron chi connectivity index (χ0n) is 8.65. The molecule has 15 heavy (non-hydrogen) atoms. The second kappa shape index (κ2) is 5.09. The molecule has 0 bridgehead atoms. The third-order valence-electron chi connectivity index (χ3n) is 2.55. The Kier molecular flexibility index (Phi) is 3.53. The van der Waals surface area contributed by atoms with Crippen molar-refractivity contribution in [3.63, 3.8) is 0 Å². The first-order valence-corrected chi connectivity index (χ1v) is 5.23. The number of ether oxygens (including phenoxy) is 1. The number of ketones is 1. The van der Waals surface area contributed by atoms with Gasteiger partial charge in [-0.15, -0.1) is 0 Å². The fraction of sp³-hybridized carbons (Fsp3) is 0.545. The van der Waals surface area contributed by atoms with Crippen molar-refractivity contribution in [2.24, 2.45) is 0 Å². The first kappa shape index (κ1) is 10.4. The minimum atomic E-state index is 0.0755. The molecule has 4 nitrogen and oxygen atoms in total. The van der Waals surface area contributed by atoms with E-state index in [4.69, 9.17) is 9.15 Å². The molecule has 0 amide bonds. The van der Waals surface area contributed by atoms with Crippen molar-refractivity contribution in [1.29, 1.82) is 0 Å². The lowest BCUT2D eigenvalue weighted by molar-refractivity contribution is 0.0368. The number of hydrogen-bond donors (Lipinski definition) is 0. The molecule has 0 atom stereocenters. The largest absolute Gasteiger partial charge is 0.461 e. The van der Waals surface area contributed by atoms with Crippen LogP contribution < -0.4 is 0 Å². The molecule has 1 aliphatic rings. The molecule has 0 radical (unpaired) electrons. The zero-order chi connectivity index (χ0) is 10.5. The highest BCUT2D eigenvalue weighted by molar-refractivity contribution is 5.93. The number of morpholine rings is 1. The van der Waals surface area contributed by atoms with Crippen LogP contribution >= 0.6 is 0 Å². The molecule has 0 N–H and O–H groups in total. The van der Waals surface area contributed by atoms with Crippen LogP contribution in [0.15, 0.2) is 22.8 Å². The number of Topliss-reactive ketones (excluding diaryl/α,β-unsaturated/α-hetero) is 1. The molecule has 4 heteroatoms. The summed E-state index contributed by atoms with van der Waals surface area (Å²) in [6, 6.07) is 3.45. The summed E-state index contributed by atoms with van der Waals surface area (Å²) in [6.07, 6.45) is 2.05. The van der Waals surface area contributed by atoms with Gasteiger partial charge in [0.25, 0.3) is 0 Å². The van der Waals surface area contributed by atoms with Gasteiger partial charge in [0.05, 0.1) is 19.5 Å². The number of carbonyl (C=O) groups is 1. The molecule has 1 fully saturated rings. The maximum Gasteiger partial charge on any atom is 0.199 e. The Morgan fingerprint density at radius 2 is 2.20 bits per heavy atom. The fourth-order valence-corrected chi connectivity index (χ4v) is 1.64. The van der Waals surface area contributed by atoms with Crippen molar-refractivity contribution in [1.82, 2.24) is 4.90 Å². The van der Waals surface area contributed by atoms with E-state index in [1.165, 1.54) is 6.26 Å². The lowest BCUT2D eigenvalue weighted by Gasteiger charge is -2.25. The average Bonchev–Trinajstić information content (AvgIpc) is 2.81. The van der Waals surface area contributed by atoms with Crippen LogP contribution in [0.5, 0.6) is 0 Å². The minimum absolute atomic E-state index is 0.0755. The minimum Gasteiger partial charge on any atom is -0.461 e. The Bertz CT molecular complexity index is 302. The molecular weight excluding hydrogens is 194 g/mol. The van der Waals surface area contributed by atoms with Crippen LogP contribution in [0.1, 0.15) is 17.0 Å². The summed E-state index contributed by atoms with van der Waals surface area (Å²) in [6.45, 7) is 4.18. The van der Waals surface area contributed by atoms with E-state index in [-0.39, 0.29) is 5.78 Å². The van der Waals surface area contributed by atoms with Crippen LogP contribution in [0.25, 0.3) is 0 Å². The summed E-state index contributed by atoms with van der Waals surface area (Å²) in [7, 11) is 0. The summed E-state index contributed by atoms with van der Waals surface area (Å²) >= 11 is 0. The van der Waals surface area contributed by atoms with E-state index in [0.717, 1.165) is 32.8 Å². The van der Waals surface area contributed by atoms with Gasteiger partial charge in [-0.2, -0.15) is 0 Å². The first-order valence-electron chi connectivity index (χ1n) is 5.23. The second-order valence-electron chi connectivity index (χ2n) is 3.60. The topological polar surface area (TPSA) is 42.7 Å². The summed E-state index contributed by atoms with van der Waals surface area (Å²) < 4.78 is 10.3. The Morgan fingerprint density at radius 3 is 2.87 bits per heavy atom. The molecule has 0 aromatic carbocycles. The van der Waals surface area contributed by atoms with Crippen molar-refractivity contribution in [3.05, 3.63) is 24.2 Å². The summed E-state index contributed by atoms with van der Waals surface area (Å²) in [5.41, 5.74) is 0. The van der Waals surface area contributed by atoms with Gasteiger partial charge in [0.2, 0.25) is 0 Å². The van der Waals surface area contributed by atoms with Crippen LogP contribution in [0, 0.1) is 0 Å². The van der Waals surface area contributed by atoms with Gasteiger partial charge >= 0.3 is 0 Å². The van der Waals surface area contributed by atoms with E-state index in [1.54, 1.807) is 12.1 Å². The van der Waals surface area contributed by atoms with E-state index in [1.807, 2.05) is 0 Å². The van der Waals surface area contributed by atoms with Gasteiger partial charge in [-0.25, -0.2) is 0 Å². The maximum absolute atomic E-state index is 11.6. The number of furan rings is 1. The van der Waals surface area contributed by atoms with Gasteiger partial charge in [-0.05, 0) is 12.1 Å². The summed E-state index contributed by atoms with van der Waals surface area (Å²) in [4.78, 5) is 13.8. The Hall–Kier alpha value is -1.13. The zero-order valence-corrected chi connectivity index (χ0v) is 8.65.